The molecule has 4 aliphatic rings. The molecule has 39 heavy (non-hydrogen) atoms. The fourth-order valence-electron chi connectivity index (χ4n) is 7.32. The standard InChI is InChI=1S/C32H37N3O4/c1-19-16-20(2)18-24(17-19)34-29(36)26-25-14-15-32(39-25)27(26)31(38)35(21(3)22-10-6-4-7-11-22)28(32)30(37)33-23-12-8-5-9-13-23/h4,6-7,10-11,14-18,21,23,25-28H,5,8-9,12-13H2,1-3H3,(H,33,37)(H,34,36)/t21-,25-,26+,27-,28-,32-/m0/s1. The van der Waals surface area contributed by atoms with E-state index < -0.39 is 29.6 Å². The molecule has 1 aliphatic carbocycles. The van der Waals surface area contributed by atoms with E-state index in [1.165, 1.54) is 6.42 Å². The summed E-state index contributed by atoms with van der Waals surface area (Å²) in [6.07, 6.45) is 8.44. The number of amides is 3. The molecule has 1 saturated carbocycles. The number of hydrogen-bond acceptors (Lipinski definition) is 4. The van der Waals surface area contributed by atoms with Gasteiger partial charge in [0.05, 0.1) is 24.0 Å². The van der Waals surface area contributed by atoms with Crippen LogP contribution < -0.4 is 10.6 Å². The number of rotatable bonds is 6. The van der Waals surface area contributed by atoms with Crippen LogP contribution in [0.5, 0.6) is 0 Å². The van der Waals surface area contributed by atoms with Crippen molar-refractivity contribution in [2.24, 2.45) is 11.8 Å². The predicted octanol–water partition coefficient (Wildman–Crippen LogP) is 4.60. The van der Waals surface area contributed by atoms with Crippen LogP contribution in [0.3, 0.4) is 0 Å². The number of hydrogen-bond donors (Lipinski definition) is 2. The Morgan fingerprint density at radius 1 is 1.00 bits per heavy atom. The number of benzene rings is 2. The summed E-state index contributed by atoms with van der Waals surface area (Å²) in [6.45, 7) is 5.92. The molecule has 6 rings (SSSR count). The Bertz CT molecular complexity index is 1300. The van der Waals surface area contributed by atoms with Gasteiger partial charge in [-0.1, -0.05) is 67.8 Å². The number of nitrogens with one attached hydrogen (secondary N) is 2. The molecule has 3 amide bonds. The van der Waals surface area contributed by atoms with Gasteiger partial charge >= 0.3 is 0 Å². The molecule has 3 fully saturated rings. The van der Waals surface area contributed by atoms with Crippen molar-refractivity contribution >= 4 is 23.4 Å². The smallest absolute Gasteiger partial charge is 0.246 e. The fraction of sp³-hybridized carbons (Fsp3) is 0.469. The third kappa shape index (κ3) is 4.37. The summed E-state index contributed by atoms with van der Waals surface area (Å²) in [5.41, 5.74) is 2.56. The predicted molar refractivity (Wildman–Crippen MR) is 149 cm³/mol. The first kappa shape index (κ1) is 25.8. The van der Waals surface area contributed by atoms with E-state index in [-0.39, 0.29) is 29.8 Å². The van der Waals surface area contributed by atoms with Crippen molar-refractivity contribution in [2.75, 3.05) is 5.32 Å². The molecule has 3 aliphatic heterocycles. The molecular weight excluding hydrogens is 490 g/mol. The van der Waals surface area contributed by atoms with Crippen LogP contribution in [-0.2, 0) is 19.1 Å². The zero-order valence-electron chi connectivity index (χ0n) is 22.9. The minimum Gasteiger partial charge on any atom is -0.359 e. The second kappa shape index (κ2) is 9.94. The molecule has 2 bridgehead atoms. The van der Waals surface area contributed by atoms with Gasteiger partial charge in [-0.3, -0.25) is 14.4 Å². The molecule has 6 atom stereocenters. The Kier molecular flexibility index (Phi) is 6.58. The second-order valence-electron chi connectivity index (χ2n) is 11.7. The summed E-state index contributed by atoms with van der Waals surface area (Å²) < 4.78 is 6.52. The van der Waals surface area contributed by atoms with E-state index in [0.29, 0.717) is 5.69 Å². The largest absolute Gasteiger partial charge is 0.359 e. The maximum atomic E-state index is 14.3. The summed E-state index contributed by atoms with van der Waals surface area (Å²) in [7, 11) is 0. The highest BCUT2D eigenvalue weighted by molar-refractivity contribution is 6.03. The highest BCUT2D eigenvalue weighted by Crippen LogP contribution is 2.56. The first-order valence-electron chi connectivity index (χ1n) is 14.2. The average Bonchev–Trinajstić information content (AvgIpc) is 3.56. The van der Waals surface area contributed by atoms with Gasteiger partial charge < -0.3 is 20.3 Å². The molecular formula is C32H37N3O4. The Hall–Kier alpha value is -3.45. The normalized spacial score (nSPS) is 30.3. The van der Waals surface area contributed by atoms with Gasteiger partial charge in [0.2, 0.25) is 17.7 Å². The third-order valence-electron chi connectivity index (χ3n) is 9.00. The Morgan fingerprint density at radius 2 is 1.69 bits per heavy atom. The van der Waals surface area contributed by atoms with Gasteiger partial charge in [-0.15, -0.1) is 0 Å². The summed E-state index contributed by atoms with van der Waals surface area (Å²) in [5.74, 6) is -2.15. The van der Waals surface area contributed by atoms with Gasteiger partial charge in [-0.2, -0.15) is 0 Å². The van der Waals surface area contributed by atoms with E-state index in [2.05, 4.69) is 10.6 Å². The van der Waals surface area contributed by atoms with Crippen LogP contribution in [0.25, 0.3) is 0 Å². The molecule has 0 unspecified atom stereocenters. The van der Waals surface area contributed by atoms with Crippen LogP contribution in [0.4, 0.5) is 5.69 Å². The number of fused-ring (bicyclic) bond motifs is 1. The maximum absolute atomic E-state index is 14.3. The highest BCUT2D eigenvalue weighted by Gasteiger charge is 2.73. The SMILES string of the molecule is Cc1cc(C)cc(NC(=O)[C@@H]2[C@@H]3C=C[C@]4(O3)[C@@H]2C(=O)N([C@@H](C)c2ccccc2)[C@H]4C(=O)NC2CCCCC2)c1. The van der Waals surface area contributed by atoms with Gasteiger partial charge in [0.1, 0.15) is 11.6 Å². The minimum absolute atomic E-state index is 0.0944. The van der Waals surface area contributed by atoms with E-state index in [1.54, 1.807) is 4.90 Å². The average molecular weight is 528 g/mol. The summed E-state index contributed by atoms with van der Waals surface area (Å²) in [5, 5.41) is 6.30. The van der Waals surface area contributed by atoms with Crippen molar-refractivity contribution in [3.8, 4) is 0 Å². The van der Waals surface area contributed by atoms with Gasteiger partial charge in [-0.05, 0) is 62.4 Å². The molecule has 204 valence electrons. The van der Waals surface area contributed by atoms with Crippen LogP contribution in [0.2, 0.25) is 0 Å². The first-order valence-corrected chi connectivity index (χ1v) is 14.2. The summed E-state index contributed by atoms with van der Waals surface area (Å²) >= 11 is 0. The lowest BCUT2D eigenvalue weighted by atomic mass is 9.74. The lowest BCUT2D eigenvalue weighted by Crippen LogP contribution is -2.56. The summed E-state index contributed by atoms with van der Waals surface area (Å²) in [6, 6.07) is 14.5. The van der Waals surface area contributed by atoms with E-state index in [0.717, 1.165) is 42.4 Å². The molecule has 7 heteroatoms. The van der Waals surface area contributed by atoms with Gasteiger partial charge in [0.25, 0.3) is 0 Å². The quantitative estimate of drug-likeness (QED) is 0.538. The molecule has 2 aromatic rings. The molecule has 2 N–H and O–H groups in total. The number of anilines is 1. The van der Waals surface area contributed by atoms with Crippen molar-refractivity contribution in [3.05, 3.63) is 77.4 Å². The first-order chi connectivity index (χ1) is 18.8. The van der Waals surface area contributed by atoms with E-state index in [4.69, 9.17) is 4.74 Å². The Balaban J connectivity index is 1.35. The van der Waals surface area contributed by atoms with E-state index in [9.17, 15) is 14.4 Å². The molecule has 3 heterocycles. The van der Waals surface area contributed by atoms with Crippen molar-refractivity contribution in [2.45, 2.75) is 82.7 Å². The van der Waals surface area contributed by atoms with Crippen LogP contribution in [0, 0.1) is 25.7 Å². The van der Waals surface area contributed by atoms with Crippen molar-refractivity contribution in [1.82, 2.24) is 10.2 Å². The number of carbonyl (C=O) groups is 3. The van der Waals surface area contributed by atoms with E-state index in [1.807, 2.05) is 81.5 Å². The molecule has 0 aromatic heterocycles. The number of likely N-dealkylation sites (tertiary alicyclic amines) is 1. The minimum atomic E-state index is -1.17. The van der Waals surface area contributed by atoms with Gasteiger partial charge in [-0.25, -0.2) is 0 Å². The zero-order valence-corrected chi connectivity index (χ0v) is 22.9. The molecule has 1 spiro atoms. The number of nitrogens with zero attached hydrogens (tertiary/aromatic N) is 1. The fourth-order valence-corrected chi connectivity index (χ4v) is 7.32. The zero-order chi connectivity index (χ0) is 27.3. The van der Waals surface area contributed by atoms with Gasteiger partial charge in [0.15, 0.2) is 0 Å². The maximum Gasteiger partial charge on any atom is 0.246 e. The number of aryl methyl sites for hydroxylation is 2. The van der Waals surface area contributed by atoms with Crippen LogP contribution in [0.15, 0.2) is 60.7 Å². The molecule has 2 saturated heterocycles. The highest BCUT2D eigenvalue weighted by atomic mass is 16.5. The number of carbonyl (C=O) groups excluding carboxylic acids is 3. The lowest BCUT2D eigenvalue weighted by Gasteiger charge is -2.37. The topological polar surface area (TPSA) is 87.7 Å². The van der Waals surface area contributed by atoms with Crippen LogP contribution in [0.1, 0.15) is 61.8 Å². The molecule has 2 aromatic carbocycles. The Labute approximate surface area is 230 Å². The van der Waals surface area contributed by atoms with Crippen molar-refractivity contribution < 1.29 is 19.1 Å². The van der Waals surface area contributed by atoms with Crippen molar-refractivity contribution in [3.63, 3.8) is 0 Å². The van der Waals surface area contributed by atoms with E-state index >= 15 is 0 Å². The number of ether oxygens (including phenoxy) is 1. The van der Waals surface area contributed by atoms with Crippen LogP contribution in [-0.4, -0.2) is 46.4 Å². The third-order valence-corrected chi connectivity index (χ3v) is 9.00. The van der Waals surface area contributed by atoms with Gasteiger partial charge in [0, 0.05) is 11.7 Å². The van der Waals surface area contributed by atoms with Crippen LogP contribution >= 0.6 is 0 Å². The summed E-state index contributed by atoms with van der Waals surface area (Å²) in [4.78, 5) is 43.8. The molecule has 0 radical (unpaired) electrons. The lowest BCUT2D eigenvalue weighted by molar-refractivity contribution is -0.143. The monoisotopic (exact) mass is 527 g/mol. The second-order valence-corrected chi connectivity index (χ2v) is 11.7. The Morgan fingerprint density at radius 3 is 2.38 bits per heavy atom. The molecule has 7 nitrogen and oxygen atoms in total. The van der Waals surface area contributed by atoms with Crippen molar-refractivity contribution in [1.29, 1.82) is 0 Å².